The van der Waals surface area contributed by atoms with Crippen molar-refractivity contribution in [2.45, 2.75) is 6.43 Å². The molecule has 0 atom stereocenters. The van der Waals surface area contributed by atoms with Crippen LogP contribution in [0.5, 0.6) is 0 Å². The van der Waals surface area contributed by atoms with Gasteiger partial charge in [0, 0.05) is 6.07 Å². The molecule has 0 amide bonds. The Bertz CT molecular complexity index is 362. The predicted molar refractivity (Wildman–Crippen MR) is 40.8 cm³/mol. The van der Waals surface area contributed by atoms with Crippen LogP contribution in [0.2, 0.25) is 5.15 Å². The van der Waals surface area contributed by atoms with Gasteiger partial charge >= 0.3 is 5.69 Å². The Hall–Kier alpha value is -1.37. The first kappa shape index (κ1) is 10.7. The normalized spacial score (nSPS) is 10.6. The predicted octanol–water partition coefficient (Wildman–Crippen LogP) is 2.72. The van der Waals surface area contributed by atoms with Crippen molar-refractivity contribution in [2.24, 2.45) is 0 Å². The number of pyridine rings is 1. The highest BCUT2D eigenvalue weighted by atomic mass is 35.5. The third-order valence-corrected chi connectivity index (χ3v) is 1.59. The summed E-state index contributed by atoms with van der Waals surface area (Å²) < 4.78 is 36.8. The molecule has 0 saturated carbocycles. The maximum atomic E-state index is 12.8. The molecule has 14 heavy (non-hydrogen) atoms. The van der Waals surface area contributed by atoms with Gasteiger partial charge in [-0.1, -0.05) is 11.6 Å². The zero-order chi connectivity index (χ0) is 10.9. The van der Waals surface area contributed by atoms with Crippen LogP contribution >= 0.6 is 11.6 Å². The number of aromatic nitrogens is 1. The minimum absolute atomic E-state index is 0.286. The van der Waals surface area contributed by atoms with E-state index in [9.17, 15) is 23.3 Å². The molecule has 0 aliphatic rings. The number of hydrogen-bond donors (Lipinski definition) is 0. The topological polar surface area (TPSA) is 56.0 Å². The molecule has 4 nitrogen and oxygen atoms in total. The van der Waals surface area contributed by atoms with E-state index in [-0.39, 0.29) is 6.07 Å². The van der Waals surface area contributed by atoms with Gasteiger partial charge in [0.1, 0.15) is 5.69 Å². The van der Waals surface area contributed by atoms with Crippen molar-refractivity contribution < 1.29 is 18.1 Å². The van der Waals surface area contributed by atoms with Crippen molar-refractivity contribution >= 4 is 17.3 Å². The quantitative estimate of drug-likeness (QED) is 0.443. The third kappa shape index (κ3) is 1.92. The summed E-state index contributed by atoms with van der Waals surface area (Å²) in [5, 5.41) is 9.29. The van der Waals surface area contributed by atoms with E-state index in [1.54, 1.807) is 0 Å². The molecule has 0 N–H and O–H groups in total. The van der Waals surface area contributed by atoms with Crippen LogP contribution in [0.15, 0.2) is 6.07 Å². The molecular weight excluding hydrogens is 225 g/mol. The lowest BCUT2D eigenvalue weighted by Crippen LogP contribution is -1.99. The van der Waals surface area contributed by atoms with Crippen LogP contribution in [0.25, 0.3) is 0 Å². The first-order valence-corrected chi connectivity index (χ1v) is 3.59. The van der Waals surface area contributed by atoms with Crippen molar-refractivity contribution in [1.82, 2.24) is 4.98 Å². The Kier molecular flexibility index (Phi) is 2.90. The van der Waals surface area contributed by atoms with Crippen molar-refractivity contribution in [2.75, 3.05) is 0 Å². The van der Waals surface area contributed by atoms with Gasteiger partial charge in [0.05, 0.1) is 4.92 Å². The van der Waals surface area contributed by atoms with Gasteiger partial charge in [0.15, 0.2) is 0 Å². The number of halogens is 4. The van der Waals surface area contributed by atoms with Crippen LogP contribution in [0.3, 0.4) is 0 Å². The first-order valence-electron chi connectivity index (χ1n) is 3.22. The van der Waals surface area contributed by atoms with Crippen molar-refractivity contribution in [3.05, 3.63) is 32.8 Å². The van der Waals surface area contributed by atoms with Crippen LogP contribution in [0.4, 0.5) is 18.9 Å². The molecule has 1 heterocycles. The Morgan fingerprint density at radius 3 is 2.50 bits per heavy atom. The molecule has 1 aromatic heterocycles. The molecule has 0 radical (unpaired) electrons. The van der Waals surface area contributed by atoms with Gasteiger partial charge in [0.2, 0.25) is 11.0 Å². The van der Waals surface area contributed by atoms with Crippen molar-refractivity contribution in [1.29, 1.82) is 0 Å². The van der Waals surface area contributed by atoms with Crippen LogP contribution in [-0.4, -0.2) is 9.91 Å². The number of nitro groups is 1. The highest BCUT2D eigenvalue weighted by molar-refractivity contribution is 6.31. The van der Waals surface area contributed by atoms with Gasteiger partial charge in [-0.3, -0.25) is 10.1 Å². The van der Waals surface area contributed by atoms with E-state index in [0.717, 1.165) is 0 Å². The summed E-state index contributed by atoms with van der Waals surface area (Å²) in [5.41, 5.74) is -2.03. The molecular formula is C6H2ClF3N2O2. The Balaban J connectivity index is 3.32. The molecule has 0 saturated heterocycles. The lowest BCUT2D eigenvalue weighted by Gasteiger charge is -2.00. The molecule has 0 fully saturated rings. The van der Waals surface area contributed by atoms with Gasteiger partial charge in [-0.05, 0) is 0 Å². The van der Waals surface area contributed by atoms with Gasteiger partial charge in [-0.25, -0.2) is 13.8 Å². The average Bonchev–Trinajstić information content (AvgIpc) is 2.01. The maximum Gasteiger partial charge on any atom is 0.341 e. The number of alkyl halides is 2. The van der Waals surface area contributed by atoms with Crippen molar-refractivity contribution in [3.8, 4) is 0 Å². The average molecular weight is 227 g/mol. The van der Waals surface area contributed by atoms with E-state index < -0.39 is 33.7 Å². The molecule has 8 heteroatoms. The molecule has 0 spiro atoms. The van der Waals surface area contributed by atoms with E-state index in [2.05, 4.69) is 4.98 Å². The van der Waals surface area contributed by atoms with Crippen LogP contribution < -0.4 is 0 Å². The van der Waals surface area contributed by atoms with Gasteiger partial charge < -0.3 is 0 Å². The van der Waals surface area contributed by atoms with Crippen LogP contribution in [0.1, 0.15) is 12.1 Å². The van der Waals surface area contributed by atoms with Gasteiger partial charge in [0.25, 0.3) is 6.43 Å². The molecule has 1 aromatic rings. The summed E-state index contributed by atoms with van der Waals surface area (Å²) in [6.07, 6.45) is -3.03. The molecule has 0 bridgehead atoms. The maximum absolute atomic E-state index is 12.8. The summed E-state index contributed by atoms with van der Waals surface area (Å²) in [6, 6.07) is 0.286. The molecule has 76 valence electrons. The summed E-state index contributed by atoms with van der Waals surface area (Å²) in [4.78, 5) is 12.0. The fourth-order valence-electron chi connectivity index (χ4n) is 0.770. The second-order valence-corrected chi connectivity index (χ2v) is 2.58. The highest BCUT2D eigenvalue weighted by Gasteiger charge is 2.24. The second kappa shape index (κ2) is 3.79. The lowest BCUT2D eigenvalue weighted by atomic mass is 10.3. The van der Waals surface area contributed by atoms with Crippen LogP contribution in [-0.2, 0) is 0 Å². The summed E-state index contributed by atoms with van der Waals surface area (Å²) in [7, 11) is 0. The second-order valence-electron chi connectivity index (χ2n) is 2.23. The Morgan fingerprint density at radius 1 is 1.57 bits per heavy atom. The van der Waals surface area contributed by atoms with E-state index in [4.69, 9.17) is 11.6 Å². The van der Waals surface area contributed by atoms with Gasteiger partial charge in [-0.2, -0.15) is 4.39 Å². The standard InChI is InChI=1S/C6H2ClF3N2O2/c7-5-4(12(13)14)2(8)1-3(11-5)6(9)10/h1,6H. The SMILES string of the molecule is O=[N+]([O-])c1c(F)cc(C(F)F)nc1Cl. The fraction of sp³-hybridized carbons (Fsp3) is 0.167. The molecule has 1 rings (SSSR count). The number of hydrogen-bond acceptors (Lipinski definition) is 3. The molecule has 0 unspecified atom stereocenters. The number of nitrogens with zero attached hydrogens (tertiary/aromatic N) is 2. The largest absolute Gasteiger partial charge is 0.341 e. The summed E-state index contributed by atoms with van der Waals surface area (Å²) >= 11 is 5.15. The monoisotopic (exact) mass is 226 g/mol. The van der Waals surface area contributed by atoms with Crippen molar-refractivity contribution in [3.63, 3.8) is 0 Å². The van der Waals surface area contributed by atoms with Crippen LogP contribution in [0, 0.1) is 15.9 Å². The van der Waals surface area contributed by atoms with E-state index >= 15 is 0 Å². The summed E-state index contributed by atoms with van der Waals surface area (Å²) in [6.45, 7) is 0. The molecule has 0 aliphatic heterocycles. The minimum Gasteiger partial charge on any atom is -0.258 e. The summed E-state index contributed by atoms with van der Waals surface area (Å²) in [5.74, 6) is -1.43. The first-order chi connectivity index (χ1) is 6.43. The fourth-order valence-corrected chi connectivity index (χ4v) is 1.03. The minimum atomic E-state index is -3.03. The Labute approximate surface area is 80.5 Å². The lowest BCUT2D eigenvalue weighted by molar-refractivity contribution is -0.387. The molecule has 0 aromatic carbocycles. The third-order valence-electron chi connectivity index (χ3n) is 1.33. The molecule has 0 aliphatic carbocycles. The zero-order valence-corrected chi connectivity index (χ0v) is 7.13. The zero-order valence-electron chi connectivity index (χ0n) is 6.38. The van der Waals surface area contributed by atoms with Gasteiger partial charge in [-0.15, -0.1) is 0 Å². The smallest absolute Gasteiger partial charge is 0.258 e. The van der Waals surface area contributed by atoms with E-state index in [1.165, 1.54) is 0 Å². The van der Waals surface area contributed by atoms with E-state index in [0.29, 0.717) is 0 Å². The van der Waals surface area contributed by atoms with E-state index in [1.807, 2.05) is 0 Å². The Morgan fingerprint density at radius 2 is 2.14 bits per heavy atom. The number of rotatable bonds is 2. The highest BCUT2D eigenvalue weighted by Crippen LogP contribution is 2.29.